The number of halogens is 4. The summed E-state index contributed by atoms with van der Waals surface area (Å²) in [4.78, 5) is 6.48. The summed E-state index contributed by atoms with van der Waals surface area (Å²) in [5.41, 5.74) is 0.651. The molecule has 1 unspecified atom stereocenters. The van der Waals surface area contributed by atoms with Crippen LogP contribution < -0.4 is 10.1 Å². The number of nitrogens with one attached hydrogen (secondary N) is 1. The number of guanidine groups is 1. The third kappa shape index (κ3) is 8.93. The number of benzene rings is 1. The first kappa shape index (κ1) is 27.0. The summed E-state index contributed by atoms with van der Waals surface area (Å²) in [6.07, 6.45) is 1.29. The minimum Gasteiger partial charge on any atom is -0.484 e. The van der Waals surface area contributed by atoms with E-state index in [0.29, 0.717) is 18.7 Å². The van der Waals surface area contributed by atoms with Gasteiger partial charge in [0.25, 0.3) is 0 Å². The first-order valence-electron chi connectivity index (χ1n) is 10.9. The van der Waals surface area contributed by atoms with Gasteiger partial charge in [-0.05, 0) is 38.2 Å². The Morgan fingerprint density at radius 1 is 1.19 bits per heavy atom. The van der Waals surface area contributed by atoms with Crippen molar-refractivity contribution in [2.45, 2.75) is 57.0 Å². The Kier molecular flexibility index (Phi) is 11.3. The molecular weight excluding hydrogens is 538 g/mol. The maximum atomic E-state index is 12.5. The number of hydrogen-bond donors (Lipinski definition) is 1. The number of ether oxygens (including phenoxy) is 3. The molecule has 0 radical (unpaired) electrons. The van der Waals surface area contributed by atoms with Crippen molar-refractivity contribution in [3.63, 3.8) is 0 Å². The number of para-hydroxylation sites is 1. The van der Waals surface area contributed by atoms with Gasteiger partial charge in [0.1, 0.15) is 5.75 Å². The highest BCUT2D eigenvalue weighted by Crippen LogP contribution is 2.22. The van der Waals surface area contributed by atoms with Gasteiger partial charge in [0.05, 0.1) is 18.8 Å². The van der Waals surface area contributed by atoms with Crippen molar-refractivity contribution in [2.75, 3.05) is 40.0 Å². The third-order valence-corrected chi connectivity index (χ3v) is 5.55. The molecule has 1 N–H and O–H groups in total. The molecule has 1 aromatic rings. The Morgan fingerprint density at radius 2 is 1.94 bits per heavy atom. The van der Waals surface area contributed by atoms with Gasteiger partial charge in [-0.2, -0.15) is 13.2 Å². The smallest absolute Gasteiger partial charge is 0.422 e. The van der Waals surface area contributed by atoms with Crippen molar-refractivity contribution in [2.24, 2.45) is 4.99 Å². The molecule has 3 rings (SSSR count). The zero-order chi connectivity index (χ0) is 22.1. The minimum absolute atomic E-state index is 0. The lowest BCUT2D eigenvalue weighted by atomic mass is 10.1. The Hall–Kier alpha value is -1.27. The number of nitrogens with zero attached hydrogens (tertiary/aromatic N) is 2. The Labute approximate surface area is 204 Å². The molecule has 1 atom stereocenters. The molecule has 2 fully saturated rings. The predicted molar refractivity (Wildman–Crippen MR) is 128 cm³/mol. The fraction of sp³-hybridized carbons (Fsp3) is 0.682. The van der Waals surface area contributed by atoms with Gasteiger partial charge in [-0.25, -0.2) is 0 Å². The minimum atomic E-state index is -4.37. The van der Waals surface area contributed by atoms with Gasteiger partial charge >= 0.3 is 6.18 Å². The van der Waals surface area contributed by atoms with Gasteiger partial charge in [-0.15, -0.1) is 24.0 Å². The molecule has 0 bridgehead atoms. The molecule has 182 valence electrons. The molecule has 1 aromatic carbocycles. The largest absolute Gasteiger partial charge is 0.484 e. The fourth-order valence-electron chi connectivity index (χ4n) is 3.87. The van der Waals surface area contributed by atoms with Gasteiger partial charge in [-0.3, -0.25) is 4.99 Å². The molecule has 0 aromatic heterocycles. The molecule has 0 aliphatic carbocycles. The molecule has 10 heteroatoms. The Balaban J connectivity index is 0.00000363. The van der Waals surface area contributed by atoms with Crippen molar-refractivity contribution in [1.29, 1.82) is 0 Å². The summed E-state index contributed by atoms with van der Waals surface area (Å²) in [6.45, 7) is 2.13. The Bertz CT molecular complexity index is 707. The standard InChI is InChI=1S/C22H32F3N3O3.HI/c1-26-21(27-14-17-6-2-3-8-20(17)31-16-22(23,24)25)28-11-9-18(10-12-28)30-15-19-7-4-5-13-29-19;/h2-3,6,8,18-19H,4-5,7,9-16H2,1H3,(H,26,27);1H. The second-order valence-corrected chi connectivity index (χ2v) is 7.92. The van der Waals surface area contributed by atoms with Gasteiger partial charge in [0.2, 0.25) is 0 Å². The number of piperidine rings is 1. The lowest BCUT2D eigenvalue weighted by Crippen LogP contribution is -2.47. The van der Waals surface area contributed by atoms with Crippen LogP contribution in [0.1, 0.15) is 37.7 Å². The third-order valence-electron chi connectivity index (χ3n) is 5.55. The quantitative estimate of drug-likeness (QED) is 0.300. The lowest BCUT2D eigenvalue weighted by Gasteiger charge is -2.35. The van der Waals surface area contributed by atoms with Crippen molar-refractivity contribution in [1.82, 2.24) is 10.2 Å². The van der Waals surface area contributed by atoms with Crippen LogP contribution in [0.5, 0.6) is 5.75 Å². The highest BCUT2D eigenvalue weighted by molar-refractivity contribution is 14.0. The predicted octanol–water partition coefficient (Wildman–Crippen LogP) is 4.37. The van der Waals surface area contributed by atoms with Crippen LogP contribution in [-0.2, 0) is 16.0 Å². The van der Waals surface area contributed by atoms with Crippen LogP contribution in [0.15, 0.2) is 29.3 Å². The van der Waals surface area contributed by atoms with E-state index in [1.807, 2.05) is 0 Å². The molecule has 32 heavy (non-hydrogen) atoms. The monoisotopic (exact) mass is 571 g/mol. The summed E-state index contributed by atoms with van der Waals surface area (Å²) in [7, 11) is 1.71. The van der Waals surface area contributed by atoms with E-state index in [0.717, 1.165) is 51.3 Å². The van der Waals surface area contributed by atoms with Crippen LogP contribution in [0.4, 0.5) is 13.2 Å². The molecule has 2 aliphatic heterocycles. The zero-order valence-electron chi connectivity index (χ0n) is 18.4. The molecule has 2 saturated heterocycles. The van der Waals surface area contributed by atoms with E-state index in [1.54, 1.807) is 31.3 Å². The van der Waals surface area contributed by atoms with Crippen LogP contribution in [0, 0.1) is 0 Å². The number of alkyl halides is 3. The summed E-state index contributed by atoms with van der Waals surface area (Å²) >= 11 is 0. The van der Waals surface area contributed by atoms with Crippen LogP contribution >= 0.6 is 24.0 Å². The second-order valence-electron chi connectivity index (χ2n) is 7.92. The molecule has 0 saturated carbocycles. The molecule has 6 nitrogen and oxygen atoms in total. The van der Waals surface area contributed by atoms with Gasteiger partial charge in [0, 0.05) is 38.9 Å². The average Bonchev–Trinajstić information content (AvgIpc) is 2.78. The lowest BCUT2D eigenvalue weighted by molar-refractivity contribution is -0.153. The molecule has 2 aliphatic rings. The van der Waals surface area contributed by atoms with E-state index < -0.39 is 12.8 Å². The van der Waals surface area contributed by atoms with E-state index in [1.165, 1.54) is 6.42 Å². The van der Waals surface area contributed by atoms with Gasteiger partial charge in [0.15, 0.2) is 12.6 Å². The van der Waals surface area contributed by atoms with Crippen LogP contribution in [0.2, 0.25) is 0 Å². The van der Waals surface area contributed by atoms with Gasteiger partial charge < -0.3 is 24.4 Å². The number of hydrogen-bond acceptors (Lipinski definition) is 4. The fourth-order valence-corrected chi connectivity index (χ4v) is 3.87. The van der Waals surface area contributed by atoms with E-state index in [-0.39, 0.29) is 41.9 Å². The van der Waals surface area contributed by atoms with Crippen molar-refractivity contribution >= 4 is 29.9 Å². The highest BCUT2D eigenvalue weighted by atomic mass is 127. The molecule has 2 heterocycles. The molecule has 0 amide bonds. The summed E-state index contributed by atoms with van der Waals surface area (Å²) in [6, 6.07) is 6.73. The number of rotatable bonds is 7. The second kappa shape index (κ2) is 13.4. The SMILES string of the molecule is CN=C(NCc1ccccc1OCC(F)(F)F)N1CCC(OCC2CCCCO2)CC1.I. The zero-order valence-corrected chi connectivity index (χ0v) is 20.7. The first-order chi connectivity index (χ1) is 14.9. The van der Waals surface area contributed by atoms with Crippen molar-refractivity contribution < 1.29 is 27.4 Å². The molecule has 0 spiro atoms. The summed E-state index contributed by atoms with van der Waals surface area (Å²) < 4.78 is 54.2. The summed E-state index contributed by atoms with van der Waals surface area (Å²) in [5.74, 6) is 0.944. The summed E-state index contributed by atoms with van der Waals surface area (Å²) in [5, 5.41) is 3.25. The van der Waals surface area contributed by atoms with Crippen LogP contribution in [0.25, 0.3) is 0 Å². The van der Waals surface area contributed by atoms with Crippen molar-refractivity contribution in [3.05, 3.63) is 29.8 Å². The highest BCUT2D eigenvalue weighted by Gasteiger charge is 2.29. The average molecular weight is 571 g/mol. The van der Waals surface area contributed by atoms with E-state index in [9.17, 15) is 13.2 Å². The van der Waals surface area contributed by atoms with E-state index in [2.05, 4.69) is 15.2 Å². The maximum absolute atomic E-state index is 12.5. The Morgan fingerprint density at radius 3 is 2.59 bits per heavy atom. The normalized spacial score (nSPS) is 20.6. The number of likely N-dealkylation sites (tertiary alicyclic amines) is 1. The number of aliphatic imine (C=N–C) groups is 1. The maximum Gasteiger partial charge on any atom is 0.422 e. The van der Waals surface area contributed by atoms with E-state index >= 15 is 0 Å². The van der Waals surface area contributed by atoms with Crippen LogP contribution in [-0.4, -0.2) is 69.2 Å². The van der Waals surface area contributed by atoms with Gasteiger partial charge in [-0.1, -0.05) is 18.2 Å². The van der Waals surface area contributed by atoms with Crippen molar-refractivity contribution in [3.8, 4) is 5.75 Å². The first-order valence-corrected chi connectivity index (χ1v) is 10.9. The van der Waals surface area contributed by atoms with Crippen LogP contribution in [0.3, 0.4) is 0 Å². The van der Waals surface area contributed by atoms with E-state index in [4.69, 9.17) is 14.2 Å². The molecular formula is C22H33F3IN3O3. The topological polar surface area (TPSA) is 55.3 Å².